The van der Waals surface area contributed by atoms with Gasteiger partial charge in [-0.15, -0.1) is 0 Å². The van der Waals surface area contributed by atoms with Crippen molar-refractivity contribution >= 4 is 21.7 Å². The summed E-state index contributed by atoms with van der Waals surface area (Å²) in [6.07, 6.45) is 1.13. The molecule has 4 N–H and O–H groups in total. The van der Waals surface area contributed by atoms with Gasteiger partial charge in [0.2, 0.25) is 0 Å². The molecule has 0 unspecified atom stereocenters. The van der Waals surface area contributed by atoms with Crippen LogP contribution >= 0.6 is 0 Å². The number of hydrogen-bond acceptors (Lipinski definition) is 4. The summed E-state index contributed by atoms with van der Waals surface area (Å²) in [6.45, 7) is 7.24. The van der Waals surface area contributed by atoms with Crippen LogP contribution in [0.2, 0.25) is 0 Å². The molecule has 0 saturated carbocycles. The number of urea groups is 1. The Morgan fingerprint density at radius 3 is 2.33 bits per heavy atom. The van der Waals surface area contributed by atoms with Crippen molar-refractivity contribution in [1.82, 2.24) is 10.0 Å². The van der Waals surface area contributed by atoms with Gasteiger partial charge in [-0.05, 0) is 49.9 Å². The zero-order valence-corrected chi connectivity index (χ0v) is 13.7. The largest absolute Gasteiger partial charge is 0.398 e. The number of nitrogens with one attached hydrogen (secondary N) is 2. The molecule has 118 valence electrons. The van der Waals surface area contributed by atoms with Crippen LogP contribution in [-0.2, 0) is 22.9 Å². The first-order chi connectivity index (χ1) is 9.71. The molecule has 0 atom stereocenters. The van der Waals surface area contributed by atoms with E-state index in [2.05, 4.69) is 5.32 Å². The van der Waals surface area contributed by atoms with E-state index in [0.29, 0.717) is 24.1 Å². The van der Waals surface area contributed by atoms with Crippen LogP contribution in [0.25, 0.3) is 0 Å². The first-order valence-corrected chi connectivity index (χ1v) is 8.44. The average Bonchev–Trinajstić information content (AvgIpc) is 2.35. The minimum atomic E-state index is -3.95. The zero-order valence-electron chi connectivity index (χ0n) is 12.9. The summed E-state index contributed by atoms with van der Waals surface area (Å²) in [5.41, 5.74) is 7.69. The Bertz CT molecular complexity index is 625. The Kier molecular flexibility index (Phi) is 5.60. The van der Waals surface area contributed by atoms with Gasteiger partial charge in [0.15, 0.2) is 0 Å². The third-order valence-corrected chi connectivity index (χ3v) is 4.40. The molecule has 0 aromatic heterocycles. The van der Waals surface area contributed by atoms with Crippen LogP contribution in [0.5, 0.6) is 0 Å². The van der Waals surface area contributed by atoms with Gasteiger partial charge in [-0.1, -0.05) is 13.8 Å². The molecule has 7 heteroatoms. The quantitative estimate of drug-likeness (QED) is 0.721. The highest BCUT2D eigenvalue weighted by Gasteiger charge is 2.23. The number of benzene rings is 1. The van der Waals surface area contributed by atoms with E-state index in [1.165, 1.54) is 0 Å². The van der Waals surface area contributed by atoms with Crippen LogP contribution in [0.1, 0.15) is 38.8 Å². The molecular formula is C14H23N3O3S. The number of rotatable bonds is 5. The number of sulfonamides is 1. The van der Waals surface area contributed by atoms with Crippen LogP contribution in [-0.4, -0.2) is 20.5 Å². The van der Waals surface area contributed by atoms with Gasteiger partial charge in [-0.25, -0.2) is 17.9 Å². The summed E-state index contributed by atoms with van der Waals surface area (Å²) in [5.74, 6) is 0. The van der Waals surface area contributed by atoms with Crippen LogP contribution in [0.15, 0.2) is 17.0 Å². The zero-order chi connectivity index (χ0) is 16.2. The highest BCUT2D eigenvalue weighted by atomic mass is 32.2. The smallest absolute Gasteiger partial charge is 0.328 e. The van der Waals surface area contributed by atoms with Gasteiger partial charge >= 0.3 is 6.03 Å². The number of anilines is 1. The molecule has 1 aromatic carbocycles. The Labute approximate surface area is 126 Å². The molecule has 0 aliphatic carbocycles. The van der Waals surface area contributed by atoms with Crippen molar-refractivity contribution in [3.63, 3.8) is 0 Å². The van der Waals surface area contributed by atoms with Gasteiger partial charge in [0.25, 0.3) is 10.0 Å². The summed E-state index contributed by atoms with van der Waals surface area (Å²) < 4.78 is 26.8. The van der Waals surface area contributed by atoms with Gasteiger partial charge < -0.3 is 11.1 Å². The molecule has 21 heavy (non-hydrogen) atoms. The first kappa shape index (κ1) is 17.3. The fraction of sp³-hybridized carbons (Fsp3) is 0.500. The predicted molar refractivity (Wildman–Crippen MR) is 83.6 cm³/mol. The molecule has 2 amide bonds. The van der Waals surface area contributed by atoms with Gasteiger partial charge in [-0.2, -0.15) is 0 Å². The Hall–Kier alpha value is -1.76. The summed E-state index contributed by atoms with van der Waals surface area (Å²) in [6, 6.07) is 2.44. The first-order valence-electron chi connectivity index (χ1n) is 6.95. The number of aryl methyl sites for hydroxylation is 1. The van der Waals surface area contributed by atoms with Crippen molar-refractivity contribution in [2.24, 2.45) is 0 Å². The maximum atomic E-state index is 12.4. The minimum absolute atomic E-state index is 0.0701. The molecule has 1 rings (SSSR count). The molecule has 0 fully saturated rings. The highest BCUT2D eigenvalue weighted by molar-refractivity contribution is 7.90. The van der Waals surface area contributed by atoms with Gasteiger partial charge in [0, 0.05) is 11.7 Å². The molecule has 0 aliphatic rings. The lowest BCUT2D eigenvalue weighted by Crippen LogP contribution is -2.42. The minimum Gasteiger partial charge on any atom is -0.398 e. The number of nitrogen functional groups attached to an aromatic ring is 1. The monoisotopic (exact) mass is 313 g/mol. The Morgan fingerprint density at radius 2 is 1.86 bits per heavy atom. The van der Waals surface area contributed by atoms with Gasteiger partial charge in [-0.3, -0.25) is 0 Å². The Balaban J connectivity index is 3.24. The number of carbonyl (C=O) groups excluding carboxylic acids is 1. The molecule has 0 spiro atoms. The molecular weight excluding hydrogens is 290 g/mol. The summed E-state index contributed by atoms with van der Waals surface area (Å²) in [5, 5.41) is 2.49. The molecule has 0 heterocycles. The van der Waals surface area contributed by atoms with Crippen molar-refractivity contribution < 1.29 is 13.2 Å². The standard InChI is InChI=1S/C14H23N3O3S/c1-5-10-7-12(15)11(6-2)13(8-10)21(19,20)17-14(18)16-9(3)4/h7-9H,5-6,15H2,1-4H3,(H2,16,17,18). The van der Waals surface area contributed by atoms with E-state index < -0.39 is 16.1 Å². The van der Waals surface area contributed by atoms with E-state index in [9.17, 15) is 13.2 Å². The van der Waals surface area contributed by atoms with Crippen LogP contribution in [0, 0.1) is 0 Å². The lowest BCUT2D eigenvalue weighted by Gasteiger charge is -2.15. The normalized spacial score (nSPS) is 11.5. The van der Waals surface area contributed by atoms with E-state index in [1.807, 2.05) is 18.6 Å². The van der Waals surface area contributed by atoms with Crippen LogP contribution in [0.3, 0.4) is 0 Å². The van der Waals surface area contributed by atoms with Crippen molar-refractivity contribution in [2.75, 3.05) is 5.73 Å². The fourth-order valence-electron chi connectivity index (χ4n) is 2.02. The highest BCUT2D eigenvalue weighted by Crippen LogP contribution is 2.25. The summed E-state index contributed by atoms with van der Waals surface area (Å²) in [7, 11) is -3.95. The fourth-order valence-corrected chi connectivity index (χ4v) is 3.32. The SMILES string of the molecule is CCc1cc(N)c(CC)c(S(=O)(=O)NC(=O)NC(C)C)c1. The number of carbonyl (C=O) groups is 1. The van der Waals surface area contributed by atoms with Crippen molar-refractivity contribution in [3.05, 3.63) is 23.3 Å². The predicted octanol–water partition coefficient (Wildman–Crippen LogP) is 1.79. The number of hydrogen-bond donors (Lipinski definition) is 3. The second-order valence-corrected chi connectivity index (χ2v) is 6.75. The van der Waals surface area contributed by atoms with Crippen molar-refractivity contribution in [1.29, 1.82) is 0 Å². The molecule has 0 bridgehead atoms. The molecule has 0 radical (unpaired) electrons. The topological polar surface area (TPSA) is 101 Å². The molecule has 0 aliphatic heterocycles. The van der Waals surface area contributed by atoms with Crippen LogP contribution < -0.4 is 15.8 Å². The van der Waals surface area contributed by atoms with Crippen molar-refractivity contribution in [2.45, 2.75) is 51.5 Å². The number of nitrogens with two attached hydrogens (primary N) is 1. The third-order valence-electron chi connectivity index (χ3n) is 3.00. The lowest BCUT2D eigenvalue weighted by molar-refractivity contribution is 0.243. The molecule has 0 saturated heterocycles. The summed E-state index contributed by atoms with van der Waals surface area (Å²) >= 11 is 0. The van der Waals surface area contributed by atoms with E-state index in [4.69, 9.17) is 5.73 Å². The molecule has 6 nitrogen and oxygen atoms in total. The third kappa shape index (κ3) is 4.35. The van der Waals surface area contributed by atoms with E-state index >= 15 is 0 Å². The summed E-state index contributed by atoms with van der Waals surface area (Å²) in [4.78, 5) is 11.7. The van der Waals surface area contributed by atoms with E-state index in [0.717, 1.165) is 5.56 Å². The second-order valence-electron chi connectivity index (χ2n) is 5.10. The molecule has 1 aromatic rings. The van der Waals surface area contributed by atoms with Crippen molar-refractivity contribution in [3.8, 4) is 0 Å². The number of amides is 2. The van der Waals surface area contributed by atoms with Gasteiger partial charge in [0.05, 0.1) is 4.90 Å². The van der Waals surface area contributed by atoms with Gasteiger partial charge in [0.1, 0.15) is 0 Å². The second kappa shape index (κ2) is 6.80. The maximum Gasteiger partial charge on any atom is 0.328 e. The Morgan fingerprint density at radius 1 is 1.24 bits per heavy atom. The van der Waals surface area contributed by atoms with E-state index in [-0.39, 0.29) is 10.9 Å². The average molecular weight is 313 g/mol. The van der Waals surface area contributed by atoms with E-state index in [1.54, 1.807) is 26.0 Å². The van der Waals surface area contributed by atoms with Crippen LogP contribution in [0.4, 0.5) is 10.5 Å². The lowest BCUT2D eigenvalue weighted by atomic mass is 10.1. The maximum absolute atomic E-state index is 12.4.